The van der Waals surface area contributed by atoms with E-state index in [9.17, 15) is 19.0 Å². The van der Waals surface area contributed by atoms with Crippen LogP contribution in [0.1, 0.15) is 27.0 Å². The molecule has 0 bridgehead atoms. The normalized spacial score (nSPS) is 29.2. The van der Waals surface area contributed by atoms with Gasteiger partial charge in [-0.15, -0.1) is 0 Å². The summed E-state index contributed by atoms with van der Waals surface area (Å²) in [6.07, 6.45) is -1.06. The lowest BCUT2D eigenvalue weighted by atomic mass is 10.1. The van der Waals surface area contributed by atoms with Gasteiger partial charge in [0.25, 0.3) is 5.56 Å². The van der Waals surface area contributed by atoms with Crippen LogP contribution in [-0.2, 0) is 18.8 Å². The second-order valence-electron chi connectivity index (χ2n) is 6.81. The third kappa shape index (κ3) is 5.23. The van der Waals surface area contributed by atoms with Crippen molar-refractivity contribution in [2.24, 2.45) is 0 Å². The number of rotatable bonds is 5. The highest BCUT2D eigenvalue weighted by molar-refractivity contribution is 7.53. The van der Waals surface area contributed by atoms with Gasteiger partial charge in [-0.25, -0.2) is 4.79 Å². The number of hydrogen-bond donors (Lipinski definition) is 2. The molecule has 1 aromatic rings. The minimum atomic E-state index is -4.65. The highest BCUT2D eigenvalue weighted by Gasteiger charge is 2.47. The van der Waals surface area contributed by atoms with Gasteiger partial charge >= 0.3 is 5.69 Å². The zero-order chi connectivity index (χ0) is 19.7. The lowest BCUT2D eigenvalue weighted by Crippen LogP contribution is -2.42. The Bertz CT molecular complexity index is 818. The molecule has 1 aliphatic rings. The summed E-state index contributed by atoms with van der Waals surface area (Å²) in [4.78, 5) is 45.5. The Hall–Kier alpha value is -1.55. The first-order valence-corrected chi connectivity index (χ1v) is 9.46. The fourth-order valence-corrected chi connectivity index (χ4v) is 3.05. The molecule has 0 spiro atoms. The number of ether oxygens (including phenoxy) is 3. The smallest absolute Gasteiger partial charge is 0.330 e. The molecule has 1 aliphatic heterocycles. The number of nitrogens with one attached hydrogen (secondary N) is 1. The summed E-state index contributed by atoms with van der Waals surface area (Å²) in [5, 5.41) is 0. The van der Waals surface area contributed by atoms with E-state index in [-0.39, 0.29) is 0 Å². The van der Waals surface area contributed by atoms with Crippen molar-refractivity contribution in [3.8, 4) is 0 Å². The van der Waals surface area contributed by atoms with E-state index >= 15 is 0 Å². The number of methoxy groups -OCH3 is 1. The summed E-state index contributed by atoms with van der Waals surface area (Å²) in [6.45, 7) is 5.39. The van der Waals surface area contributed by atoms with Gasteiger partial charge in [0.2, 0.25) is 0 Å². The van der Waals surface area contributed by atoms with Crippen LogP contribution in [0.25, 0.3) is 0 Å². The van der Waals surface area contributed by atoms with Crippen LogP contribution in [0.4, 0.5) is 0 Å². The summed E-state index contributed by atoms with van der Waals surface area (Å²) in [7, 11) is -3.26. The first-order valence-electron chi connectivity index (χ1n) is 7.82. The Labute approximate surface area is 149 Å². The Morgan fingerprint density at radius 2 is 2.04 bits per heavy atom. The third-order valence-electron chi connectivity index (χ3n) is 3.58. The van der Waals surface area contributed by atoms with Crippen LogP contribution in [0.15, 0.2) is 33.7 Å². The first kappa shape index (κ1) is 20.8. The van der Waals surface area contributed by atoms with Gasteiger partial charge in [0.05, 0.1) is 5.60 Å². The molecule has 0 saturated carbocycles. The van der Waals surface area contributed by atoms with Crippen LogP contribution >= 0.6 is 7.60 Å². The maximum atomic E-state index is 12.1. The molecule has 0 aromatic carbocycles. The lowest BCUT2D eigenvalue weighted by molar-refractivity contribution is -0.189. The molecule has 2 N–H and O–H groups in total. The first-order chi connectivity index (χ1) is 11.9. The van der Waals surface area contributed by atoms with E-state index in [1.807, 2.05) is 0 Å². The van der Waals surface area contributed by atoms with Crippen molar-refractivity contribution in [1.29, 1.82) is 0 Å². The van der Waals surface area contributed by atoms with Gasteiger partial charge in [-0.2, -0.15) is 0 Å². The van der Waals surface area contributed by atoms with E-state index in [2.05, 4.69) is 4.98 Å². The lowest BCUT2D eigenvalue weighted by Gasteiger charge is -2.30. The number of H-pyrrole nitrogens is 1. The van der Waals surface area contributed by atoms with Crippen molar-refractivity contribution in [3.63, 3.8) is 0 Å². The highest BCUT2D eigenvalue weighted by atomic mass is 31.2. The van der Waals surface area contributed by atoms with Gasteiger partial charge in [0.1, 0.15) is 18.3 Å². The van der Waals surface area contributed by atoms with Crippen molar-refractivity contribution in [2.75, 3.05) is 7.11 Å². The average Bonchev–Trinajstić information content (AvgIpc) is 2.80. The van der Waals surface area contributed by atoms with Crippen LogP contribution in [-0.4, -0.2) is 45.5 Å². The second kappa shape index (κ2) is 7.59. The highest BCUT2D eigenvalue weighted by Crippen LogP contribution is 2.38. The van der Waals surface area contributed by atoms with Crippen molar-refractivity contribution in [2.45, 2.75) is 50.9 Å². The molecular formula is C15H22N2O8P-. The monoisotopic (exact) mass is 389 g/mol. The Kier molecular flexibility index (Phi) is 6.06. The molecule has 1 fully saturated rings. The van der Waals surface area contributed by atoms with Gasteiger partial charge in [0, 0.05) is 19.4 Å². The van der Waals surface area contributed by atoms with E-state index < -0.39 is 49.0 Å². The molecular weight excluding hydrogens is 367 g/mol. The van der Waals surface area contributed by atoms with Crippen molar-refractivity contribution < 1.29 is 28.6 Å². The molecule has 2 heterocycles. The maximum absolute atomic E-state index is 12.1. The van der Waals surface area contributed by atoms with Crippen molar-refractivity contribution in [3.05, 3.63) is 45.0 Å². The predicted octanol–water partition coefficient (Wildman–Crippen LogP) is -0.308. The van der Waals surface area contributed by atoms with Crippen molar-refractivity contribution in [1.82, 2.24) is 9.55 Å². The molecule has 10 nitrogen and oxygen atoms in total. The van der Waals surface area contributed by atoms with E-state index in [0.717, 1.165) is 16.7 Å². The Morgan fingerprint density at radius 1 is 1.38 bits per heavy atom. The van der Waals surface area contributed by atoms with Crippen molar-refractivity contribution >= 4 is 7.60 Å². The molecule has 1 saturated heterocycles. The molecule has 0 radical (unpaired) electrons. The molecule has 26 heavy (non-hydrogen) atoms. The molecule has 0 amide bonds. The summed E-state index contributed by atoms with van der Waals surface area (Å²) >= 11 is 0. The molecule has 2 rings (SSSR count). The quantitative estimate of drug-likeness (QED) is 0.653. The molecule has 1 aromatic heterocycles. The summed E-state index contributed by atoms with van der Waals surface area (Å²) in [6, 6.07) is 1.15. The summed E-state index contributed by atoms with van der Waals surface area (Å²) in [5.74, 6) is 0.613. The average molecular weight is 389 g/mol. The fourth-order valence-electron chi connectivity index (χ4n) is 2.66. The summed E-state index contributed by atoms with van der Waals surface area (Å²) in [5.41, 5.74) is -1.90. The largest absolute Gasteiger partial charge is 0.776 e. The van der Waals surface area contributed by atoms with Crippen LogP contribution in [0.2, 0.25) is 0 Å². The number of aromatic nitrogens is 2. The van der Waals surface area contributed by atoms with E-state index in [1.54, 1.807) is 20.8 Å². The van der Waals surface area contributed by atoms with Crippen LogP contribution in [0.3, 0.4) is 0 Å². The standard InChI is InChI=1S/C15H23N2O8P/c1-15(2,3)25-11-9(6-8-26(20,21)22)24-13(12(11)23-4)17-7-5-10(18)16-14(17)19/h5-9,11-13H,1-4H3,(H,16,18,19)(H2,20,21,22)/p-1/b8-6+. The molecule has 11 heteroatoms. The van der Waals surface area contributed by atoms with Crippen LogP contribution in [0, 0.1) is 0 Å². The Morgan fingerprint density at radius 3 is 2.54 bits per heavy atom. The van der Waals surface area contributed by atoms with Gasteiger partial charge < -0.3 is 28.6 Å². The van der Waals surface area contributed by atoms with E-state index in [1.165, 1.54) is 13.3 Å². The summed E-state index contributed by atoms with van der Waals surface area (Å²) < 4.78 is 29.3. The molecule has 146 valence electrons. The Balaban J connectivity index is 2.44. The van der Waals surface area contributed by atoms with Gasteiger partial charge in [-0.3, -0.25) is 14.3 Å². The minimum absolute atomic E-state index is 0.565. The topological polar surface area (TPSA) is 143 Å². The number of nitrogens with zero attached hydrogens (tertiary/aromatic N) is 1. The minimum Gasteiger partial charge on any atom is -0.776 e. The fraction of sp³-hybridized carbons (Fsp3) is 0.600. The second-order valence-corrected chi connectivity index (χ2v) is 8.24. The molecule has 0 aliphatic carbocycles. The molecule has 5 unspecified atom stereocenters. The van der Waals surface area contributed by atoms with Gasteiger partial charge in [0.15, 0.2) is 13.8 Å². The SMILES string of the molecule is COC1C(OC(C)(C)C)C(/C=C/P(=O)([O-])O)OC1n1ccc(=O)[nH]c1=O. The predicted molar refractivity (Wildman–Crippen MR) is 89.6 cm³/mol. The van der Waals surface area contributed by atoms with Gasteiger partial charge in [-0.05, 0) is 32.7 Å². The third-order valence-corrected chi connectivity index (χ3v) is 4.13. The zero-order valence-corrected chi connectivity index (χ0v) is 15.7. The zero-order valence-electron chi connectivity index (χ0n) is 14.8. The van der Waals surface area contributed by atoms with E-state index in [4.69, 9.17) is 19.1 Å². The van der Waals surface area contributed by atoms with E-state index in [0.29, 0.717) is 5.82 Å². The number of hydrogen-bond acceptors (Lipinski definition) is 7. The van der Waals surface area contributed by atoms with Crippen LogP contribution < -0.4 is 16.1 Å². The maximum Gasteiger partial charge on any atom is 0.330 e. The number of aromatic amines is 1. The van der Waals surface area contributed by atoms with Gasteiger partial charge in [-0.1, -0.05) is 0 Å². The molecule has 5 atom stereocenters. The van der Waals surface area contributed by atoms with Crippen LogP contribution in [0.5, 0.6) is 0 Å².